The molecule has 1 aliphatic carbocycles. The Morgan fingerprint density at radius 1 is 1.11 bits per heavy atom. The lowest BCUT2D eigenvalue weighted by atomic mass is 9.88. The first kappa shape index (κ1) is 15.0. The van der Waals surface area contributed by atoms with Crippen molar-refractivity contribution in [2.75, 3.05) is 20.3 Å². The highest BCUT2D eigenvalue weighted by Gasteiger charge is 2.23. The third-order valence-electron chi connectivity index (χ3n) is 3.23. The molecule has 0 aromatic carbocycles. The van der Waals surface area contributed by atoms with E-state index >= 15 is 0 Å². The summed E-state index contributed by atoms with van der Waals surface area (Å²) >= 11 is 0. The number of hydrogen-bond acceptors (Lipinski definition) is 5. The molecular weight excluding hydrogens is 236 g/mol. The van der Waals surface area contributed by atoms with Crippen molar-refractivity contribution in [3.05, 3.63) is 0 Å². The monoisotopic (exact) mass is 258 g/mol. The second-order valence-electron chi connectivity index (χ2n) is 4.57. The van der Waals surface area contributed by atoms with Crippen LogP contribution in [0.2, 0.25) is 0 Å². The van der Waals surface area contributed by atoms with Crippen LogP contribution >= 0.6 is 0 Å². The Morgan fingerprint density at radius 2 is 1.78 bits per heavy atom. The lowest BCUT2D eigenvalue weighted by Gasteiger charge is -2.27. The molecule has 0 bridgehead atoms. The summed E-state index contributed by atoms with van der Waals surface area (Å²) in [6, 6.07) is 0. The first-order chi connectivity index (χ1) is 8.65. The molecule has 0 aromatic heterocycles. The quantitative estimate of drug-likeness (QED) is 0.678. The highest BCUT2D eigenvalue weighted by molar-refractivity contribution is 5.70. The molecule has 0 heterocycles. The average Bonchev–Trinajstić information content (AvgIpc) is 2.43. The standard InChI is InChI=1S/C13H22O5/c1-3-12(14)18-8-10-4-6-11(7-5-10)17-9-13(15)16-2/h10-11H,3-9H2,1-2H3. The van der Waals surface area contributed by atoms with E-state index in [1.54, 1.807) is 6.92 Å². The van der Waals surface area contributed by atoms with Gasteiger partial charge in [0.1, 0.15) is 6.61 Å². The Labute approximate surface area is 108 Å². The molecule has 5 nitrogen and oxygen atoms in total. The van der Waals surface area contributed by atoms with Crippen molar-refractivity contribution in [3.63, 3.8) is 0 Å². The van der Waals surface area contributed by atoms with Crippen LogP contribution in [0.3, 0.4) is 0 Å². The highest BCUT2D eigenvalue weighted by Crippen LogP contribution is 2.26. The molecule has 5 heteroatoms. The minimum absolute atomic E-state index is 0.0245. The predicted molar refractivity (Wildman–Crippen MR) is 65.0 cm³/mol. The van der Waals surface area contributed by atoms with Crippen LogP contribution in [0.15, 0.2) is 0 Å². The highest BCUT2D eigenvalue weighted by atomic mass is 16.6. The summed E-state index contributed by atoms with van der Waals surface area (Å²) in [5.74, 6) is -0.0495. The lowest BCUT2D eigenvalue weighted by molar-refractivity contribution is -0.150. The van der Waals surface area contributed by atoms with E-state index in [2.05, 4.69) is 4.74 Å². The van der Waals surface area contributed by atoms with Gasteiger partial charge in [-0.1, -0.05) is 6.92 Å². The Kier molecular flexibility index (Phi) is 6.72. The fourth-order valence-corrected chi connectivity index (χ4v) is 2.02. The Bertz CT molecular complexity index is 241. The molecule has 104 valence electrons. The van der Waals surface area contributed by atoms with Gasteiger partial charge in [0.15, 0.2) is 0 Å². The molecule has 0 unspecified atom stereocenters. The minimum Gasteiger partial charge on any atom is -0.467 e. The van der Waals surface area contributed by atoms with Crippen LogP contribution < -0.4 is 0 Å². The largest absolute Gasteiger partial charge is 0.467 e. The summed E-state index contributed by atoms with van der Waals surface area (Å²) < 4.78 is 15.1. The Morgan fingerprint density at radius 3 is 2.33 bits per heavy atom. The first-order valence-corrected chi connectivity index (χ1v) is 6.49. The van der Waals surface area contributed by atoms with E-state index in [1.807, 2.05) is 0 Å². The normalized spacial score (nSPS) is 23.4. The van der Waals surface area contributed by atoms with Gasteiger partial charge in [-0.25, -0.2) is 4.79 Å². The summed E-state index contributed by atoms with van der Waals surface area (Å²) in [6.07, 6.45) is 4.32. The van der Waals surface area contributed by atoms with Crippen LogP contribution in [0.4, 0.5) is 0 Å². The number of carbonyl (C=O) groups is 2. The van der Waals surface area contributed by atoms with E-state index in [9.17, 15) is 9.59 Å². The van der Waals surface area contributed by atoms with Crippen molar-refractivity contribution in [3.8, 4) is 0 Å². The fourth-order valence-electron chi connectivity index (χ4n) is 2.02. The van der Waals surface area contributed by atoms with Crippen LogP contribution in [0, 0.1) is 5.92 Å². The third-order valence-corrected chi connectivity index (χ3v) is 3.23. The molecule has 0 atom stereocenters. The van der Waals surface area contributed by atoms with E-state index in [0.29, 0.717) is 18.9 Å². The molecule has 0 radical (unpaired) electrons. The molecule has 1 aliphatic rings. The lowest BCUT2D eigenvalue weighted by Crippen LogP contribution is -2.27. The number of hydrogen-bond donors (Lipinski definition) is 0. The zero-order chi connectivity index (χ0) is 13.4. The maximum absolute atomic E-state index is 11.0. The van der Waals surface area contributed by atoms with Crippen molar-refractivity contribution in [2.45, 2.75) is 45.1 Å². The van der Waals surface area contributed by atoms with Gasteiger partial charge in [-0.3, -0.25) is 4.79 Å². The van der Waals surface area contributed by atoms with Crippen molar-refractivity contribution in [1.29, 1.82) is 0 Å². The first-order valence-electron chi connectivity index (χ1n) is 6.49. The van der Waals surface area contributed by atoms with E-state index in [-0.39, 0.29) is 24.6 Å². The molecule has 0 aromatic rings. The molecule has 1 fully saturated rings. The van der Waals surface area contributed by atoms with Gasteiger partial charge in [-0.2, -0.15) is 0 Å². The number of carbonyl (C=O) groups excluding carboxylic acids is 2. The molecule has 0 saturated heterocycles. The summed E-state index contributed by atoms with van der Waals surface area (Å²) in [7, 11) is 1.35. The molecular formula is C13H22O5. The van der Waals surface area contributed by atoms with Crippen LogP contribution in [0.1, 0.15) is 39.0 Å². The number of rotatable bonds is 6. The van der Waals surface area contributed by atoms with Gasteiger partial charge in [0.05, 0.1) is 19.8 Å². The van der Waals surface area contributed by atoms with E-state index < -0.39 is 0 Å². The average molecular weight is 258 g/mol. The SMILES string of the molecule is CCC(=O)OCC1CCC(OCC(=O)OC)CC1. The Hall–Kier alpha value is -1.10. The van der Waals surface area contributed by atoms with E-state index in [0.717, 1.165) is 25.7 Å². The topological polar surface area (TPSA) is 61.8 Å². The smallest absolute Gasteiger partial charge is 0.331 e. The number of ether oxygens (including phenoxy) is 3. The zero-order valence-electron chi connectivity index (χ0n) is 11.1. The second kappa shape index (κ2) is 8.08. The fraction of sp³-hybridized carbons (Fsp3) is 0.846. The summed E-state index contributed by atoms with van der Waals surface area (Å²) in [5.41, 5.74) is 0. The number of esters is 2. The van der Waals surface area contributed by atoms with Crippen LogP contribution in [-0.2, 0) is 23.8 Å². The second-order valence-corrected chi connectivity index (χ2v) is 4.57. The van der Waals surface area contributed by atoms with Gasteiger partial charge in [0.25, 0.3) is 0 Å². The van der Waals surface area contributed by atoms with Gasteiger partial charge in [0.2, 0.25) is 0 Å². The molecule has 0 spiro atoms. The zero-order valence-corrected chi connectivity index (χ0v) is 11.1. The summed E-state index contributed by atoms with van der Waals surface area (Å²) in [4.78, 5) is 22.0. The molecule has 0 N–H and O–H groups in total. The molecule has 0 amide bonds. The number of methoxy groups -OCH3 is 1. The summed E-state index contributed by atoms with van der Waals surface area (Å²) in [5, 5.41) is 0. The third kappa shape index (κ3) is 5.49. The van der Waals surface area contributed by atoms with Crippen molar-refractivity contribution in [1.82, 2.24) is 0 Å². The van der Waals surface area contributed by atoms with Gasteiger partial charge in [-0.15, -0.1) is 0 Å². The molecule has 1 saturated carbocycles. The van der Waals surface area contributed by atoms with Gasteiger partial charge in [0, 0.05) is 6.42 Å². The summed E-state index contributed by atoms with van der Waals surface area (Å²) in [6.45, 7) is 2.33. The molecule has 18 heavy (non-hydrogen) atoms. The van der Waals surface area contributed by atoms with E-state index in [4.69, 9.17) is 9.47 Å². The van der Waals surface area contributed by atoms with Crippen molar-refractivity contribution in [2.24, 2.45) is 5.92 Å². The van der Waals surface area contributed by atoms with Gasteiger partial charge < -0.3 is 14.2 Å². The maximum Gasteiger partial charge on any atom is 0.331 e. The van der Waals surface area contributed by atoms with Crippen LogP contribution in [0.5, 0.6) is 0 Å². The predicted octanol–water partition coefficient (Wildman–Crippen LogP) is 1.69. The maximum atomic E-state index is 11.0. The van der Waals surface area contributed by atoms with Gasteiger partial charge in [-0.05, 0) is 31.6 Å². The van der Waals surface area contributed by atoms with E-state index in [1.165, 1.54) is 7.11 Å². The van der Waals surface area contributed by atoms with Gasteiger partial charge >= 0.3 is 11.9 Å². The molecule has 1 rings (SSSR count). The minimum atomic E-state index is -0.339. The molecule has 0 aliphatic heterocycles. The van der Waals surface area contributed by atoms with Crippen molar-refractivity contribution < 1.29 is 23.8 Å². The Balaban J connectivity index is 2.12. The van der Waals surface area contributed by atoms with Crippen molar-refractivity contribution >= 4 is 11.9 Å². The van der Waals surface area contributed by atoms with Crippen LogP contribution in [0.25, 0.3) is 0 Å². The van der Waals surface area contributed by atoms with Crippen LogP contribution in [-0.4, -0.2) is 38.4 Å².